The number of halogens is 3. The molecule has 0 bridgehead atoms. The molecule has 0 atom stereocenters. The van der Waals surface area contributed by atoms with Crippen molar-refractivity contribution in [3.8, 4) is 0 Å². The van der Waals surface area contributed by atoms with Gasteiger partial charge in [-0.1, -0.05) is 0 Å². The number of methoxy groups -OCH3 is 1. The van der Waals surface area contributed by atoms with Crippen molar-refractivity contribution in [2.75, 3.05) is 20.3 Å². The van der Waals surface area contributed by atoms with Crippen molar-refractivity contribution in [2.24, 2.45) is 5.14 Å². The standard InChI is InChI=1S/C8H13F3N4O4S/c1-18-3-2-15-6(4-19-5-8(9,10)11)13-14-7(15)20(12,16)17/h2-5H2,1H3,(H2,12,16,17). The Morgan fingerprint density at radius 2 is 2.00 bits per heavy atom. The highest BCUT2D eigenvalue weighted by molar-refractivity contribution is 7.89. The zero-order chi connectivity index (χ0) is 15.4. The first kappa shape index (κ1) is 16.8. The van der Waals surface area contributed by atoms with Crippen LogP contribution in [0, 0.1) is 0 Å². The number of hydrogen-bond donors (Lipinski definition) is 1. The van der Waals surface area contributed by atoms with Crippen molar-refractivity contribution in [3.05, 3.63) is 5.82 Å². The van der Waals surface area contributed by atoms with E-state index in [1.807, 2.05) is 0 Å². The monoisotopic (exact) mass is 318 g/mol. The largest absolute Gasteiger partial charge is 0.411 e. The van der Waals surface area contributed by atoms with Gasteiger partial charge in [0.15, 0.2) is 5.82 Å². The second-order valence-corrected chi connectivity index (χ2v) is 5.15. The van der Waals surface area contributed by atoms with Gasteiger partial charge in [-0.25, -0.2) is 13.6 Å². The Kier molecular flexibility index (Phi) is 5.44. The van der Waals surface area contributed by atoms with Gasteiger partial charge in [0.25, 0.3) is 15.2 Å². The quantitative estimate of drug-likeness (QED) is 0.736. The van der Waals surface area contributed by atoms with Crippen LogP contribution in [0.3, 0.4) is 0 Å². The van der Waals surface area contributed by atoms with Gasteiger partial charge >= 0.3 is 6.18 Å². The molecule has 0 saturated carbocycles. The van der Waals surface area contributed by atoms with Crippen LogP contribution in [0.1, 0.15) is 5.82 Å². The molecule has 0 fully saturated rings. The predicted molar refractivity (Wildman–Crippen MR) is 59.0 cm³/mol. The first-order chi connectivity index (χ1) is 9.15. The molecule has 0 amide bonds. The van der Waals surface area contributed by atoms with E-state index in [0.717, 1.165) is 4.57 Å². The number of nitrogens with zero attached hydrogens (tertiary/aromatic N) is 3. The zero-order valence-electron chi connectivity index (χ0n) is 10.4. The SMILES string of the molecule is COCCn1c(COCC(F)(F)F)nnc1S(N)(=O)=O. The molecule has 0 saturated heterocycles. The van der Waals surface area contributed by atoms with Crippen molar-refractivity contribution < 1.29 is 31.1 Å². The summed E-state index contributed by atoms with van der Waals surface area (Å²) < 4.78 is 68.6. The van der Waals surface area contributed by atoms with Crippen molar-refractivity contribution in [1.29, 1.82) is 0 Å². The van der Waals surface area contributed by atoms with E-state index in [2.05, 4.69) is 14.9 Å². The number of nitrogens with two attached hydrogens (primary N) is 1. The molecule has 1 aromatic rings. The third kappa shape index (κ3) is 5.03. The Bertz CT molecular complexity index is 542. The van der Waals surface area contributed by atoms with Gasteiger partial charge in [-0.2, -0.15) is 13.2 Å². The van der Waals surface area contributed by atoms with Gasteiger partial charge in [0, 0.05) is 7.11 Å². The zero-order valence-corrected chi connectivity index (χ0v) is 11.2. The second-order valence-electron chi connectivity index (χ2n) is 3.70. The molecule has 8 nitrogen and oxygen atoms in total. The van der Waals surface area contributed by atoms with E-state index < -0.39 is 34.6 Å². The third-order valence-electron chi connectivity index (χ3n) is 2.06. The maximum absolute atomic E-state index is 12.0. The Morgan fingerprint density at radius 3 is 2.50 bits per heavy atom. The number of alkyl halides is 3. The molecule has 1 heterocycles. The number of ether oxygens (including phenoxy) is 2. The van der Waals surface area contributed by atoms with Crippen molar-refractivity contribution in [1.82, 2.24) is 14.8 Å². The van der Waals surface area contributed by atoms with Gasteiger partial charge in [0.2, 0.25) is 0 Å². The summed E-state index contributed by atoms with van der Waals surface area (Å²) in [5.41, 5.74) is 0. The Labute approximate surface area is 112 Å². The minimum atomic E-state index is -4.49. The van der Waals surface area contributed by atoms with E-state index >= 15 is 0 Å². The number of primary sulfonamides is 1. The Morgan fingerprint density at radius 1 is 1.35 bits per heavy atom. The normalized spacial score (nSPS) is 12.8. The van der Waals surface area contributed by atoms with Gasteiger partial charge in [-0.15, -0.1) is 10.2 Å². The minimum absolute atomic E-state index is 0.0139. The number of rotatable bonds is 7. The third-order valence-corrected chi connectivity index (χ3v) is 2.87. The summed E-state index contributed by atoms with van der Waals surface area (Å²) in [5.74, 6) is -0.0877. The second kappa shape index (κ2) is 6.47. The Balaban J connectivity index is 2.87. The van der Waals surface area contributed by atoms with E-state index in [1.165, 1.54) is 7.11 Å². The summed E-state index contributed by atoms with van der Waals surface area (Å²) in [5, 5.41) is 11.2. The van der Waals surface area contributed by atoms with Crippen molar-refractivity contribution in [3.63, 3.8) is 0 Å². The van der Waals surface area contributed by atoms with Crippen LogP contribution < -0.4 is 5.14 Å². The Hall–Kier alpha value is -1.24. The minimum Gasteiger partial charge on any atom is -0.383 e. The molecule has 1 aromatic heterocycles. The topological polar surface area (TPSA) is 109 Å². The summed E-state index contributed by atoms with van der Waals surface area (Å²) in [6.45, 7) is -1.91. The van der Waals surface area contributed by atoms with Gasteiger partial charge < -0.3 is 9.47 Å². The molecule has 116 valence electrons. The average Bonchev–Trinajstić information content (AvgIpc) is 2.67. The highest BCUT2D eigenvalue weighted by atomic mass is 32.2. The van der Waals surface area contributed by atoms with Crippen LogP contribution >= 0.6 is 0 Å². The smallest absolute Gasteiger partial charge is 0.383 e. The van der Waals surface area contributed by atoms with E-state index in [4.69, 9.17) is 9.88 Å². The van der Waals surface area contributed by atoms with Gasteiger partial charge in [0.05, 0.1) is 13.2 Å². The lowest BCUT2D eigenvalue weighted by molar-refractivity contribution is -0.177. The van der Waals surface area contributed by atoms with E-state index in [-0.39, 0.29) is 19.0 Å². The van der Waals surface area contributed by atoms with Gasteiger partial charge in [-0.3, -0.25) is 4.57 Å². The predicted octanol–water partition coefficient (Wildman–Crippen LogP) is -0.349. The van der Waals surface area contributed by atoms with Crippen molar-refractivity contribution >= 4 is 10.0 Å². The molecule has 2 N–H and O–H groups in total. The van der Waals surface area contributed by atoms with E-state index in [1.54, 1.807) is 0 Å². The van der Waals surface area contributed by atoms with Gasteiger partial charge in [-0.05, 0) is 0 Å². The van der Waals surface area contributed by atoms with E-state index in [0.29, 0.717) is 0 Å². The number of sulfonamides is 1. The molecule has 1 rings (SSSR count). The van der Waals surface area contributed by atoms with Crippen LogP contribution in [0.15, 0.2) is 5.16 Å². The van der Waals surface area contributed by atoms with Gasteiger partial charge in [0.1, 0.15) is 13.2 Å². The van der Waals surface area contributed by atoms with Crippen LogP contribution in [-0.2, 0) is 32.6 Å². The molecule has 0 aliphatic heterocycles. The molecule has 20 heavy (non-hydrogen) atoms. The van der Waals surface area contributed by atoms with Crippen LogP contribution in [0.2, 0.25) is 0 Å². The maximum atomic E-state index is 12.0. The van der Waals surface area contributed by atoms with Crippen LogP contribution in [0.25, 0.3) is 0 Å². The first-order valence-corrected chi connectivity index (χ1v) is 6.78. The van der Waals surface area contributed by atoms with E-state index in [9.17, 15) is 21.6 Å². The van der Waals surface area contributed by atoms with Crippen molar-refractivity contribution in [2.45, 2.75) is 24.5 Å². The van der Waals surface area contributed by atoms with Crippen LogP contribution in [0.5, 0.6) is 0 Å². The summed E-state index contributed by atoms with van der Waals surface area (Å²) in [6, 6.07) is 0. The highest BCUT2D eigenvalue weighted by Crippen LogP contribution is 2.16. The first-order valence-electron chi connectivity index (χ1n) is 5.23. The lowest BCUT2D eigenvalue weighted by Gasteiger charge is -2.10. The molecule has 0 spiro atoms. The lowest BCUT2D eigenvalue weighted by Crippen LogP contribution is -2.22. The summed E-state index contributed by atoms with van der Waals surface area (Å²) in [7, 11) is -2.76. The van der Waals surface area contributed by atoms with Crippen LogP contribution in [0.4, 0.5) is 13.2 Å². The highest BCUT2D eigenvalue weighted by Gasteiger charge is 2.28. The molecule has 0 aromatic carbocycles. The lowest BCUT2D eigenvalue weighted by atomic mass is 10.5. The molecule has 0 unspecified atom stereocenters. The molecule has 0 radical (unpaired) electrons. The summed E-state index contributed by atoms with van der Waals surface area (Å²) >= 11 is 0. The van der Waals surface area contributed by atoms with Crippen LogP contribution in [-0.4, -0.2) is 49.7 Å². The number of hydrogen-bond acceptors (Lipinski definition) is 6. The molecule has 0 aliphatic carbocycles. The maximum Gasteiger partial charge on any atom is 0.411 e. The summed E-state index contributed by atoms with van der Waals surface area (Å²) in [6.07, 6.45) is -4.49. The fraction of sp³-hybridized carbons (Fsp3) is 0.750. The molecule has 0 aliphatic rings. The molecule has 12 heteroatoms. The molecular formula is C8H13F3N4O4S. The fourth-order valence-electron chi connectivity index (χ4n) is 1.30. The average molecular weight is 318 g/mol. The molecular weight excluding hydrogens is 305 g/mol. The summed E-state index contributed by atoms with van der Waals surface area (Å²) in [4.78, 5) is 0. The number of aromatic nitrogens is 3. The fourth-order valence-corrected chi connectivity index (χ4v) is 1.96.